The summed E-state index contributed by atoms with van der Waals surface area (Å²) in [5, 5.41) is -0.189. The Kier molecular flexibility index (Phi) is 7.39. The molecule has 1 aliphatic heterocycles. The van der Waals surface area contributed by atoms with E-state index >= 15 is 0 Å². The lowest BCUT2D eigenvalue weighted by Crippen LogP contribution is -2.34. The SMILES string of the molecule is O=C(c1ccccc1F)N(Cc1cnc(S(=O)(=O)Cc2ccccc2F)n1C[C@H]1CCCO1)CC1CC1. The number of amides is 1. The first-order chi connectivity index (χ1) is 17.8. The molecule has 2 heterocycles. The number of aromatic nitrogens is 2. The summed E-state index contributed by atoms with van der Waals surface area (Å²) < 4.78 is 62.9. The zero-order valence-corrected chi connectivity index (χ0v) is 21.2. The van der Waals surface area contributed by atoms with Gasteiger partial charge >= 0.3 is 0 Å². The molecule has 0 radical (unpaired) electrons. The molecule has 0 N–H and O–H groups in total. The monoisotopic (exact) mass is 529 g/mol. The van der Waals surface area contributed by atoms with E-state index in [4.69, 9.17) is 4.74 Å². The Morgan fingerprint density at radius 3 is 2.46 bits per heavy atom. The highest BCUT2D eigenvalue weighted by atomic mass is 32.2. The summed E-state index contributed by atoms with van der Waals surface area (Å²) in [6.45, 7) is 1.34. The average molecular weight is 530 g/mol. The lowest BCUT2D eigenvalue weighted by Gasteiger charge is -2.24. The average Bonchev–Trinajstić information content (AvgIpc) is 3.37. The Labute approximate surface area is 215 Å². The molecule has 0 spiro atoms. The van der Waals surface area contributed by atoms with Crippen molar-refractivity contribution in [2.75, 3.05) is 13.2 Å². The predicted octanol–water partition coefficient (Wildman–Crippen LogP) is 4.37. The van der Waals surface area contributed by atoms with E-state index in [9.17, 15) is 22.0 Å². The van der Waals surface area contributed by atoms with Crippen LogP contribution in [0.3, 0.4) is 0 Å². The Morgan fingerprint density at radius 1 is 1.05 bits per heavy atom. The molecule has 37 heavy (non-hydrogen) atoms. The van der Waals surface area contributed by atoms with Gasteiger partial charge in [-0.3, -0.25) is 4.79 Å². The molecule has 2 aromatic carbocycles. The van der Waals surface area contributed by atoms with Crippen molar-refractivity contribution in [1.29, 1.82) is 0 Å². The van der Waals surface area contributed by atoms with E-state index in [0.717, 1.165) is 25.7 Å². The highest BCUT2D eigenvalue weighted by Gasteiger charge is 2.32. The van der Waals surface area contributed by atoms with Crippen LogP contribution in [-0.4, -0.2) is 48.0 Å². The van der Waals surface area contributed by atoms with Crippen LogP contribution in [0.25, 0.3) is 0 Å². The van der Waals surface area contributed by atoms with Crippen LogP contribution >= 0.6 is 0 Å². The second-order valence-corrected chi connectivity index (χ2v) is 11.6. The molecule has 1 atom stereocenters. The number of carbonyl (C=O) groups is 1. The number of hydrogen-bond donors (Lipinski definition) is 0. The lowest BCUT2D eigenvalue weighted by molar-refractivity contribution is 0.0718. The first-order valence-electron chi connectivity index (χ1n) is 12.5. The van der Waals surface area contributed by atoms with Crippen LogP contribution in [0, 0.1) is 17.6 Å². The topological polar surface area (TPSA) is 81.5 Å². The van der Waals surface area contributed by atoms with E-state index in [-0.39, 0.29) is 35.5 Å². The molecule has 1 amide bonds. The summed E-state index contributed by atoms with van der Waals surface area (Å²) in [5.41, 5.74) is 0.537. The fourth-order valence-electron chi connectivity index (χ4n) is 4.67. The molecule has 2 aliphatic rings. The molecule has 7 nitrogen and oxygen atoms in total. The van der Waals surface area contributed by atoms with Crippen molar-refractivity contribution in [2.24, 2.45) is 5.92 Å². The highest BCUT2D eigenvalue weighted by Crippen LogP contribution is 2.31. The second kappa shape index (κ2) is 10.7. The van der Waals surface area contributed by atoms with Gasteiger partial charge in [0, 0.05) is 18.7 Å². The molecular weight excluding hydrogens is 500 g/mol. The number of hydrogen-bond acceptors (Lipinski definition) is 5. The minimum atomic E-state index is -4.02. The van der Waals surface area contributed by atoms with Crippen molar-refractivity contribution in [3.05, 3.63) is 83.2 Å². The number of benzene rings is 2. The number of nitrogens with zero attached hydrogens (tertiary/aromatic N) is 3. The van der Waals surface area contributed by atoms with Crippen molar-refractivity contribution < 1.29 is 26.7 Å². The standard InChI is InChI=1S/C27H29F2N3O4S/c28-24-9-3-1-6-20(24)18-37(34,35)27-30-14-21(32(27)17-22-7-5-13-36-22)16-31(15-19-11-12-19)26(33)23-8-2-4-10-25(23)29/h1-4,6,8-10,14,19,22H,5,7,11-13,15-18H2/t22-/m1/s1. The molecule has 196 valence electrons. The molecule has 10 heteroatoms. The van der Waals surface area contributed by atoms with Crippen LogP contribution < -0.4 is 0 Å². The summed E-state index contributed by atoms with van der Waals surface area (Å²) >= 11 is 0. The van der Waals surface area contributed by atoms with Gasteiger partial charge in [-0.15, -0.1) is 0 Å². The van der Waals surface area contributed by atoms with Crippen molar-refractivity contribution in [3.8, 4) is 0 Å². The summed E-state index contributed by atoms with van der Waals surface area (Å²) in [6, 6.07) is 11.6. The van der Waals surface area contributed by atoms with Crippen LogP contribution in [0.5, 0.6) is 0 Å². The first-order valence-corrected chi connectivity index (χ1v) is 14.1. The molecule has 0 bridgehead atoms. The van der Waals surface area contributed by atoms with Crippen LogP contribution in [0.2, 0.25) is 0 Å². The molecule has 1 saturated heterocycles. The Hall–Kier alpha value is -3.11. The van der Waals surface area contributed by atoms with E-state index < -0.39 is 33.1 Å². The van der Waals surface area contributed by atoms with Crippen molar-refractivity contribution in [2.45, 2.75) is 55.8 Å². The van der Waals surface area contributed by atoms with Crippen molar-refractivity contribution in [1.82, 2.24) is 14.5 Å². The highest BCUT2D eigenvalue weighted by molar-refractivity contribution is 7.90. The summed E-state index contributed by atoms with van der Waals surface area (Å²) in [7, 11) is -4.02. The maximum absolute atomic E-state index is 14.5. The Morgan fingerprint density at radius 2 is 1.78 bits per heavy atom. The lowest BCUT2D eigenvalue weighted by atomic mass is 10.1. The van der Waals surface area contributed by atoms with Gasteiger partial charge in [-0.1, -0.05) is 30.3 Å². The molecule has 1 aromatic heterocycles. The summed E-state index contributed by atoms with van der Waals surface area (Å²) in [6.07, 6.45) is 4.85. The normalized spacial score (nSPS) is 17.7. The van der Waals surface area contributed by atoms with Gasteiger partial charge in [-0.05, 0) is 49.8 Å². The van der Waals surface area contributed by atoms with Crippen molar-refractivity contribution >= 4 is 15.7 Å². The van der Waals surface area contributed by atoms with Crippen LogP contribution in [0.1, 0.15) is 47.3 Å². The molecule has 1 aliphatic carbocycles. The fraction of sp³-hybridized carbons (Fsp3) is 0.407. The maximum atomic E-state index is 14.5. The molecule has 5 rings (SSSR count). The Balaban J connectivity index is 1.48. The second-order valence-electron chi connectivity index (χ2n) is 9.74. The third-order valence-electron chi connectivity index (χ3n) is 6.81. The third kappa shape index (κ3) is 5.91. The van der Waals surface area contributed by atoms with Gasteiger partial charge in [0.2, 0.25) is 15.0 Å². The van der Waals surface area contributed by atoms with Gasteiger partial charge in [0.05, 0.1) is 42.4 Å². The van der Waals surface area contributed by atoms with Crippen molar-refractivity contribution in [3.63, 3.8) is 0 Å². The largest absolute Gasteiger partial charge is 0.376 e. The number of ether oxygens (including phenoxy) is 1. The molecule has 0 unspecified atom stereocenters. The molecule has 2 fully saturated rings. The number of sulfone groups is 1. The number of halogens is 2. The zero-order chi connectivity index (χ0) is 26.0. The summed E-state index contributed by atoms with van der Waals surface area (Å²) in [5.74, 6) is -1.87. The third-order valence-corrected chi connectivity index (χ3v) is 8.39. The van der Waals surface area contributed by atoms with E-state index in [1.165, 1.54) is 42.6 Å². The minimum Gasteiger partial charge on any atom is -0.376 e. The smallest absolute Gasteiger partial charge is 0.257 e. The Bertz CT molecular complexity index is 1380. The van der Waals surface area contributed by atoms with E-state index in [1.807, 2.05) is 0 Å². The summed E-state index contributed by atoms with van der Waals surface area (Å²) in [4.78, 5) is 19.1. The van der Waals surface area contributed by atoms with Crippen LogP contribution in [0.15, 0.2) is 59.9 Å². The van der Waals surface area contributed by atoms with Gasteiger partial charge in [-0.2, -0.15) is 0 Å². The van der Waals surface area contributed by atoms with Gasteiger partial charge in [0.15, 0.2) is 0 Å². The quantitative estimate of drug-likeness (QED) is 0.390. The van der Waals surface area contributed by atoms with E-state index in [1.54, 1.807) is 21.6 Å². The van der Waals surface area contributed by atoms with Gasteiger partial charge < -0.3 is 14.2 Å². The number of rotatable bonds is 10. The predicted molar refractivity (Wildman–Crippen MR) is 132 cm³/mol. The van der Waals surface area contributed by atoms with Gasteiger partial charge in [0.1, 0.15) is 11.6 Å². The maximum Gasteiger partial charge on any atom is 0.257 e. The molecule has 3 aromatic rings. The van der Waals surface area contributed by atoms with Crippen LogP contribution in [0.4, 0.5) is 8.78 Å². The van der Waals surface area contributed by atoms with Gasteiger partial charge in [-0.25, -0.2) is 22.2 Å². The van der Waals surface area contributed by atoms with Gasteiger partial charge in [0.25, 0.3) is 5.91 Å². The van der Waals surface area contributed by atoms with E-state index in [2.05, 4.69) is 4.98 Å². The van der Waals surface area contributed by atoms with Crippen LogP contribution in [-0.2, 0) is 33.4 Å². The minimum absolute atomic E-state index is 0.0271. The number of carbonyl (C=O) groups excluding carboxylic acids is 1. The fourth-order valence-corrected chi connectivity index (χ4v) is 6.18. The molecular formula is C27H29F2N3O4S. The zero-order valence-electron chi connectivity index (χ0n) is 20.4. The first kappa shape index (κ1) is 25.5. The number of imidazole rings is 1. The van der Waals surface area contributed by atoms with E-state index in [0.29, 0.717) is 24.8 Å². The molecule has 1 saturated carbocycles.